The SMILES string of the molecule is CC(C)CC1(CNc2ncnc(Cl)c2[N+](=O)[O-])CCCC1. The molecule has 6 nitrogen and oxygen atoms in total. The zero-order chi connectivity index (χ0) is 15.5. The highest BCUT2D eigenvalue weighted by Gasteiger charge is 2.35. The minimum atomic E-state index is -0.533. The van der Waals surface area contributed by atoms with Crippen molar-refractivity contribution >= 4 is 23.1 Å². The third-order valence-corrected chi connectivity index (χ3v) is 4.37. The van der Waals surface area contributed by atoms with Gasteiger partial charge in [-0.2, -0.15) is 0 Å². The van der Waals surface area contributed by atoms with Crippen LogP contribution in [0.1, 0.15) is 46.0 Å². The molecule has 0 spiro atoms. The fraction of sp³-hybridized carbons (Fsp3) is 0.714. The fourth-order valence-electron chi connectivity index (χ4n) is 3.36. The van der Waals surface area contributed by atoms with Gasteiger partial charge < -0.3 is 5.32 Å². The van der Waals surface area contributed by atoms with Crippen molar-refractivity contribution < 1.29 is 4.92 Å². The minimum absolute atomic E-state index is 0.123. The Morgan fingerprint density at radius 3 is 2.67 bits per heavy atom. The Hall–Kier alpha value is -1.43. The molecule has 0 bridgehead atoms. The average Bonchev–Trinajstić information content (AvgIpc) is 2.84. The van der Waals surface area contributed by atoms with Crippen LogP contribution in [0.2, 0.25) is 5.15 Å². The van der Waals surface area contributed by atoms with Crippen LogP contribution in [0.15, 0.2) is 6.33 Å². The molecule has 0 amide bonds. The van der Waals surface area contributed by atoms with Gasteiger partial charge in [0, 0.05) is 6.54 Å². The summed E-state index contributed by atoms with van der Waals surface area (Å²) in [5.41, 5.74) is -0.0312. The lowest BCUT2D eigenvalue weighted by Gasteiger charge is -2.31. The number of aromatic nitrogens is 2. The van der Waals surface area contributed by atoms with Gasteiger partial charge in [-0.1, -0.05) is 38.3 Å². The van der Waals surface area contributed by atoms with E-state index in [1.165, 1.54) is 19.2 Å². The lowest BCUT2D eigenvalue weighted by atomic mass is 9.78. The summed E-state index contributed by atoms with van der Waals surface area (Å²) in [6.07, 6.45) is 7.13. The lowest BCUT2D eigenvalue weighted by molar-refractivity contribution is -0.384. The second-order valence-electron chi connectivity index (χ2n) is 6.28. The molecule has 0 aliphatic heterocycles. The predicted octanol–water partition coefficient (Wildman–Crippen LogP) is 4.06. The Kier molecular flexibility index (Phi) is 4.98. The first-order valence-electron chi connectivity index (χ1n) is 7.32. The predicted molar refractivity (Wildman–Crippen MR) is 82.5 cm³/mol. The highest BCUT2D eigenvalue weighted by Crippen LogP contribution is 2.43. The van der Waals surface area contributed by atoms with Gasteiger partial charge in [0.2, 0.25) is 11.0 Å². The summed E-state index contributed by atoms with van der Waals surface area (Å²) in [5.74, 6) is 0.823. The average molecular weight is 313 g/mol. The zero-order valence-corrected chi connectivity index (χ0v) is 13.2. The van der Waals surface area contributed by atoms with Crippen molar-refractivity contribution in [3.63, 3.8) is 0 Å². The molecule has 1 aliphatic rings. The summed E-state index contributed by atoms with van der Waals surface area (Å²) in [6.45, 7) is 5.12. The van der Waals surface area contributed by atoms with E-state index in [1.54, 1.807) is 0 Å². The maximum Gasteiger partial charge on any atom is 0.348 e. The van der Waals surface area contributed by atoms with Crippen LogP contribution in [0, 0.1) is 21.4 Å². The number of hydrogen-bond donors (Lipinski definition) is 1. The molecule has 1 fully saturated rings. The third kappa shape index (κ3) is 3.81. The van der Waals surface area contributed by atoms with Crippen LogP contribution in [0.5, 0.6) is 0 Å². The highest BCUT2D eigenvalue weighted by molar-refractivity contribution is 6.31. The molecule has 7 heteroatoms. The standard InChI is InChI=1S/C14H21ClN4O2/c1-10(2)7-14(5-3-4-6-14)8-16-13-11(19(20)21)12(15)17-9-18-13/h9-10H,3-8H2,1-2H3,(H,16,17,18). The Labute approximate surface area is 129 Å². The topological polar surface area (TPSA) is 81.0 Å². The van der Waals surface area contributed by atoms with E-state index < -0.39 is 4.92 Å². The molecule has 0 saturated heterocycles. The quantitative estimate of drug-likeness (QED) is 0.486. The van der Waals surface area contributed by atoms with E-state index in [9.17, 15) is 10.1 Å². The molecule has 1 N–H and O–H groups in total. The van der Waals surface area contributed by atoms with E-state index in [4.69, 9.17) is 11.6 Å². The molecule has 1 aromatic rings. The summed E-state index contributed by atoms with van der Waals surface area (Å²) in [4.78, 5) is 18.2. The highest BCUT2D eigenvalue weighted by atomic mass is 35.5. The smallest absolute Gasteiger partial charge is 0.348 e. The molecule has 21 heavy (non-hydrogen) atoms. The van der Waals surface area contributed by atoms with Crippen molar-refractivity contribution in [1.29, 1.82) is 0 Å². The molecule has 116 valence electrons. The number of nitrogens with zero attached hydrogens (tertiary/aromatic N) is 3. The van der Waals surface area contributed by atoms with E-state index >= 15 is 0 Å². The maximum absolute atomic E-state index is 11.1. The second kappa shape index (κ2) is 6.56. The van der Waals surface area contributed by atoms with Gasteiger partial charge in [0.1, 0.15) is 6.33 Å². The van der Waals surface area contributed by atoms with Gasteiger partial charge in [-0.3, -0.25) is 10.1 Å². The molecular formula is C14H21ClN4O2. The van der Waals surface area contributed by atoms with Crippen LogP contribution >= 0.6 is 11.6 Å². The third-order valence-electron chi connectivity index (χ3n) is 4.10. The van der Waals surface area contributed by atoms with Crippen molar-refractivity contribution in [1.82, 2.24) is 9.97 Å². The van der Waals surface area contributed by atoms with Crippen LogP contribution in [-0.4, -0.2) is 21.4 Å². The fourth-order valence-corrected chi connectivity index (χ4v) is 3.57. The summed E-state index contributed by atoms with van der Waals surface area (Å²) in [6, 6.07) is 0. The van der Waals surface area contributed by atoms with Gasteiger partial charge in [0.05, 0.1) is 4.92 Å². The Balaban J connectivity index is 2.15. The van der Waals surface area contributed by atoms with E-state index in [-0.39, 0.29) is 22.1 Å². The first kappa shape index (κ1) is 15.9. The molecule has 0 radical (unpaired) electrons. The summed E-state index contributed by atoms with van der Waals surface area (Å²) < 4.78 is 0. The Bertz CT molecular complexity index is 516. The first-order chi connectivity index (χ1) is 9.93. The van der Waals surface area contributed by atoms with Gasteiger partial charge in [0.15, 0.2) is 0 Å². The maximum atomic E-state index is 11.1. The number of nitrogens with one attached hydrogen (secondary N) is 1. The van der Waals surface area contributed by atoms with Gasteiger partial charge in [-0.05, 0) is 30.6 Å². The van der Waals surface area contributed by atoms with E-state index in [0.717, 1.165) is 19.3 Å². The summed E-state index contributed by atoms with van der Waals surface area (Å²) in [5, 5.41) is 14.1. The molecule has 1 saturated carbocycles. The second-order valence-corrected chi connectivity index (χ2v) is 6.64. The molecule has 0 atom stereocenters. The molecule has 1 aromatic heterocycles. The van der Waals surface area contributed by atoms with Crippen LogP contribution in [0.25, 0.3) is 0 Å². The molecular weight excluding hydrogens is 292 g/mol. The van der Waals surface area contributed by atoms with Gasteiger partial charge >= 0.3 is 5.69 Å². The first-order valence-corrected chi connectivity index (χ1v) is 7.70. The van der Waals surface area contributed by atoms with Gasteiger partial charge in [-0.15, -0.1) is 0 Å². The summed E-state index contributed by atoms with van der Waals surface area (Å²) in [7, 11) is 0. The van der Waals surface area contributed by atoms with E-state index in [1.807, 2.05) is 0 Å². The normalized spacial score (nSPS) is 17.1. The van der Waals surface area contributed by atoms with Crippen LogP contribution in [-0.2, 0) is 0 Å². The van der Waals surface area contributed by atoms with Gasteiger partial charge in [0.25, 0.3) is 0 Å². The van der Waals surface area contributed by atoms with Gasteiger partial charge in [-0.25, -0.2) is 9.97 Å². The molecule has 1 aliphatic carbocycles. The van der Waals surface area contributed by atoms with Crippen molar-refractivity contribution in [3.8, 4) is 0 Å². The molecule has 0 aromatic carbocycles. The zero-order valence-electron chi connectivity index (χ0n) is 12.4. The van der Waals surface area contributed by atoms with Crippen molar-refractivity contribution in [2.45, 2.75) is 46.0 Å². The summed E-state index contributed by atoms with van der Waals surface area (Å²) >= 11 is 5.81. The Morgan fingerprint density at radius 1 is 1.43 bits per heavy atom. The van der Waals surface area contributed by atoms with Crippen LogP contribution in [0.3, 0.4) is 0 Å². The largest absolute Gasteiger partial charge is 0.364 e. The molecule has 2 rings (SSSR count). The Morgan fingerprint density at radius 2 is 2.10 bits per heavy atom. The number of anilines is 1. The molecule has 0 unspecified atom stereocenters. The van der Waals surface area contributed by atoms with Crippen LogP contribution in [0.4, 0.5) is 11.5 Å². The monoisotopic (exact) mass is 312 g/mol. The van der Waals surface area contributed by atoms with E-state index in [2.05, 4.69) is 29.1 Å². The lowest BCUT2D eigenvalue weighted by Crippen LogP contribution is -2.29. The van der Waals surface area contributed by atoms with Crippen LogP contribution < -0.4 is 5.32 Å². The van der Waals surface area contributed by atoms with E-state index in [0.29, 0.717) is 12.5 Å². The molecule has 1 heterocycles. The van der Waals surface area contributed by atoms with Crippen molar-refractivity contribution in [2.24, 2.45) is 11.3 Å². The minimum Gasteiger partial charge on any atom is -0.364 e. The van der Waals surface area contributed by atoms with Crippen molar-refractivity contribution in [2.75, 3.05) is 11.9 Å². The number of halogens is 1. The number of nitro groups is 1. The number of rotatable bonds is 6. The number of hydrogen-bond acceptors (Lipinski definition) is 5. The van der Waals surface area contributed by atoms with Crippen molar-refractivity contribution in [3.05, 3.63) is 21.6 Å².